The molecule has 1 saturated carbocycles. The molecule has 1 N–H and O–H groups in total. The van der Waals surface area contributed by atoms with Gasteiger partial charge in [0.15, 0.2) is 0 Å². The number of halogens is 1. The molecule has 1 aromatic rings. The lowest BCUT2D eigenvalue weighted by Gasteiger charge is -2.46. The standard InChI is InChI=1S/C22H34N2O2.ClH/c1-24(20-12-18-7-8-19(13-20)23-18)15-22(9-4-10-22)16-26-21-6-3-5-17(11-21)14-25-2;/h3,5-6,11,18-20,23H,4,7-10,12-16H2,1-2H3;1H. The fraction of sp³-hybridized carbons (Fsp3) is 0.727. The average molecular weight is 395 g/mol. The molecule has 2 unspecified atom stereocenters. The van der Waals surface area contributed by atoms with E-state index in [-0.39, 0.29) is 12.4 Å². The fourth-order valence-corrected chi connectivity index (χ4v) is 5.20. The molecule has 0 radical (unpaired) electrons. The number of hydrogen-bond acceptors (Lipinski definition) is 4. The third-order valence-electron chi connectivity index (χ3n) is 6.83. The summed E-state index contributed by atoms with van der Waals surface area (Å²) in [5.74, 6) is 0.980. The number of benzene rings is 1. The predicted octanol–water partition coefficient (Wildman–Crippen LogP) is 4.02. The Balaban J connectivity index is 0.00000210. The van der Waals surface area contributed by atoms with Crippen LogP contribution in [-0.4, -0.2) is 50.3 Å². The molecule has 5 heteroatoms. The van der Waals surface area contributed by atoms with Gasteiger partial charge in [0.2, 0.25) is 0 Å². The van der Waals surface area contributed by atoms with Crippen LogP contribution in [0.3, 0.4) is 0 Å². The second-order valence-electron chi connectivity index (χ2n) is 8.90. The highest BCUT2D eigenvalue weighted by Crippen LogP contribution is 2.43. The smallest absolute Gasteiger partial charge is 0.119 e. The van der Waals surface area contributed by atoms with Crippen molar-refractivity contribution in [2.75, 3.05) is 27.3 Å². The van der Waals surface area contributed by atoms with Crippen LogP contribution in [0.1, 0.15) is 50.5 Å². The number of fused-ring (bicyclic) bond motifs is 2. The van der Waals surface area contributed by atoms with Crippen molar-refractivity contribution in [2.24, 2.45) is 5.41 Å². The van der Waals surface area contributed by atoms with Gasteiger partial charge < -0.3 is 19.7 Å². The molecule has 0 spiro atoms. The lowest BCUT2D eigenvalue weighted by atomic mass is 9.68. The van der Waals surface area contributed by atoms with Crippen LogP contribution < -0.4 is 10.1 Å². The summed E-state index contributed by atoms with van der Waals surface area (Å²) in [4.78, 5) is 2.65. The Morgan fingerprint density at radius 3 is 2.56 bits per heavy atom. The largest absolute Gasteiger partial charge is 0.493 e. The number of ether oxygens (including phenoxy) is 2. The van der Waals surface area contributed by atoms with Crippen LogP contribution in [0.15, 0.2) is 24.3 Å². The summed E-state index contributed by atoms with van der Waals surface area (Å²) >= 11 is 0. The van der Waals surface area contributed by atoms with Crippen LogP contribution in [0.4, 0.5) is 0 Å². The molecule has 2 bridgehead atoms. The number of hydrogen-bond donors (Lipinski definition) is 1. The lowest BCUT2D eigenvalue weighted by molar-refractivity contribution is 0.00640. The molecule has 2 saturated heterocycles. The molecule has 152 valence electrons. The maximum atomic E-state index is 6.25. The van der Waals surface area contributed by atoms with Crippen molar-refractivity contribution < 1.29 is 9.47 Å². The number of methoxy groups -OCH3 is 1. The summed E-state index contributed by atoms with van der Waals surface area (Å²) in [6.07, 6.45) is 9.34. The van der Waals surface area contributed by atoms with E-state index < -0.39 is 0 Å². The molecule has 4 rings (SSSR count). The summed E-state index contributed by atoms with van der Waals surface area (Å²) in [5, 5.41) is 3.77. The number of nitrogens with one attached hydrogen (secondary N) is 1. The molecule has 27 heavy (non-hydrogen) atoms. The minimum Gasteiger partial charge on any atom is -0.493 e. The zero-order valence-electron chi connectivity index (χ0n) is 16.8. The van der Waals surface area contributed by atoms with Gasteiger partial charge >= 0.3 is 0 Å². The van der Waals surface area contributed by atoms with Crippen LogP contribution in [0.5, 0.6) is 5.75 Å². The van der Waals surface area contributed by atoms with E-state index in [4.69, 9.17) is 9.47 Å². The molecule has 3 fully saturated rings. The first-order chi connectivity index (χ1) is 12.7. The van der Waals surface area contributed by atoms with Crippen molar-refractivity contribution in [3.05, 3.63) is 29.8 Å². The van der Waals surface area contributed by atoms with Gasteiger partial charge in [0.05, 0.1) is 13.2 Å². The average Bonchev–Trinajstić information content (AvgIpc) is 2.95. The first-order valence-electron chi connectivity index (χ1n) is 10.3. The van der Waals surface area contributed by atoms with Crippen molar-refractivity contribution in [2.45, 2.75) is 69.7 Å². The predicted molar refractivity (Wildman–Crippen MR) is 112 cm³/mol. The van der Waals surface area contributed by atoms with E-state index >= 15 is 0 Å². The van der Waals surface area contributed by atoms with E-state index in [2.05, 4.69) is 41.5 Å². The number of nitrogens with zero attached hydrogens (tertiary/aromatic N) is 1. The normalized spacial score (nSPS) is 28.5. The van der Waals surface area contributed by atoms with Crippen molar-refractivity contribution in [3.8, 4) is 5.75 Å². The van der Waals surface area contributed by atoms with Crippen LogP contribution in [-0.2, 0) is 11.3 Å². The molecule has 4 nitrogen and oxygen atoms in total. The van der Waals surface area contributed by atoms with E-state index in [0.717, 1.165) is 30.5 Å². The zero-order valence-corrected chi connectivity index (χ0v) is 17.6. The van der Waals surface area contributed by atoms with Crippen LogP contribution in [0.25, 0.3) is 0 Å². The van der Waals surface area contributed by atoms with Gasteiger partial charge in [0.25, 0.3) is 0 Å². The van der Waals surface area contributed by atoms with Crippen LogP contribution in [0, 0.1) is 5.41 Å². The molecule has 2 heterocycles. The Morgan fingerprint density at radius 1 is 1.19 bits per heavy atom. The van der Waals surface area contributed by atoms with Gasteiger partial charge in [-0.2, -0.15) is 0 Å². The molecule has 1 aliphatic carbocycles. The van der Waals surface area contributed by atoms with E-state index in [0.29, 0.717) is 12.0 Å². The second-order valence-corrected chi connectivity index (χ2v) is 8.90. The van der Waals surface area contributed by atoms with E-state index in [1.54, 1.807) is 7.11 Å². The Morgan fingerprint density at radius 2 is 1.93 bits per heavy atom. The SMILES string of the molecule is COCc1cccc(OCC2(CN(C)C3CC4CCC(C3)N4)CCC2)c1.Cl. The first-order valence-corrected chi connectivity index (χ1v) is 10.3. The van der Waals surface area contributed by atoms with Gasteiger partial charge in [-0.3, -0.25) is 0 Å². The molecule has 2 atom stereocenters. The maximum absolute atomic E-state index is 6.25. The summed E-state index contributed by atoms with van der Waals surface area (Å²) < 4.78 is 11.5. The Hall–Kier alpha value is -0.810. The molecule has 2 aliphatic heterocycles. The molecular weight excluding hydrogens is 360 g/mol. The lowest BCUT2D eigenvalue weighted by Crippen LogP contribution is -2.52. The van der Waals surface area contributed by atoms with Gasteiger partial charge in [-0.05, 0) is 63.3 Å². The van der Waals surface area contributed by atoms with Crippen LogP contribution >= 0.6 is 12.4 Å². The highest BCUT2D eigenvalue weighted by molar-refractivity contribution is 5.85. The molecule has 0 amide bonds. The summed E-state index contributed by atoms with van der Waals surface area (Å²) in [6, 6.07) is 10.6. The van der Waals surface area contributed by atoms with E-state index in [1.165, 1.54) is 57.1 Å². The van der Waals surface area contributed by atoms with Gasteiger partial charge in [-0.1, -0.05) is 18.6 Å². The molecule has 0 aromatic heterocycles. The third-order valence-corrected chi connectivity index (χ3v) is 6.83. The van der Waals surface area contributed by atoms with Crippen molar-refractivity contribution in [1.82, 2.24) is 10.2 Å². The monoisotopic (exact) mass is 394 g/mol. The third kappa shape index (κ3) is 4.97. The minimum absolute atomic E-state index is 0. The molecule has 3 aliphatic rings. The first kappa shape index (κ1) is 20.9. The number of rotatable bonds is 8. The van der Waals surface area contributed by atoms with Crippen molar-refractivity contribution in [1.29, 1.82) is 0 Å². The van der Waals surface area contributed by atoms with Gasteiger partial charge in [0.1, 0.15) is 5.75 Å². The van der Waals surface area contributed by atoms with E-state index in [9.17, 15) is 0 Å². The summed E-state index contributed by atoms with van der Waals surface area (Å²) in [7, 11) is 4.08. The molecule has 1 aromatic carbocycles. The van der Waals surface area contributed by atoms with Gasteiger partial charge in [-0.25, -0.2) is 0 Å². The van der Waals surface area contributed by atoms with Crippen molar-refractivity contribution >= 4 is 12.4 Å². The quantitative estimate of drug-likeness (QED) is 0.722. The van der Waals surface area contributed by atoms with E-state index in [1.807, 2.05) is 0 Å². The van der Waals surface area contributed by atoms with Crippen molar-refractivity contribution in [3.63, 3.8) is 0 Å². The molecular formula is C22H35ClN2O2. The Labute approximate surface area is 170 Å². The second kappa shape index (κ2) is 9.13. The fourth-order valence-electron chi connectivity index (χ4n) is 5.20. The van der Waals surface area contributed by atoms with Crippen LogP contribution in [0.2, 0.25) is 0 Å². The van der Waals surface area contributed by atoms with Gasteiger partial charge in [-0.15, -0.1) is 12.4 Å². The number of piperidine rings is 1. The summed E-state index contributed by atoms with van der Waals surface area (Å²) in [5.41, 5.74) is 1.52. The van der Waals surface area contributed by atoms with Gasteiger partial charge in [0, 0.05) is 37.2 Å². The zero-order chi connectivity index (χ0) is 18.0. The maximum Gasteiger partial charge on any atom is 0.119 e. The highest BCUT2D eigenvalue weighted by Gasteiger charge is 2.42. The summed E-state index contributed by atoms with van der Waals surface area (Å²) in [6.45, 7) is 2.66. The Kier molecular flexibility index (Phi) is 7.07. The topological polar surface area (TPSA) is 33.7 Å². The Bertz CT molecular complexity index is 596. The minimum atomic E-state index is 0. The highest BCUT2D eigenvalue weighted by atomic mass is 35.5.